The highest BCUT2D eigenvalue weighted by Gasteiger charge is 2.36. The van der Waals surface area contributed by atoms with Gasteiger partial charge in [-0.25, -0.2) is 4.79 Å². The molecule has 2 fully saturated rings. The molecule has 8 heteroatoms. The molecular formula is C23H30N2O6. The van der Waals surface area contributed by atoms with E-state index in [9.17, 15) is 19.2 Å². The van der Waals surface area contributed by atoms with Gasteiger partial charge in [-0.1, -0.05) is 13.3 Å². The minimum absolute atomic E-state index is 0.188. The van der Waals surface area contributed by atoms with Gasteiger partial charge in [0.25, 0.3) is 5.91 Å². The third kappa shape index (κ3) is 6.80. The fraction of sp³-hybridized carbons (Fsp3) is 0.565. The van der Waals surface area contributed by atoms with Crippen LogP contribution in [0.3, 0.4) is 0 Å². The topological polar surface area (TPSA) is 102 Å². The Morgan fingerprint density at radius 3 is 2.26 bits per heavy atom. The van der Waals surface area contributed by atoms with Crippen LogP contribution in [0.15, 0.2) is 24.3 Å². The molecule has 168 valence electrons. The quantitative estimate of drug-likeness (QED) is 0.477. The molecule has 2 aliphatic rings. The lowest BCUT2D eigenvalue weighted by atomic mass is 9.97. The zero-order valence-corrected chi connectivity index (χ0v) is 17.9. The maximum absolute atomic E-state index is 12.2. The van der Waals surface area contributed by atoms with Crippen LogP contribution in [0.1, 0.15) is 55.8 Å². The second-order valence-electron chi connectivity index (χ2n) is 8.10. The van der Waals surface area contributed by atoms with Gasteiger partial charge in [-0.05, 0) is 56.4 Å². The Kier molecular flexibility index (Phi) is 8.03. The second kappa shape index (κ2) is 10.9. The number of rotatable bonds is 9. The van der Waals surface area contributed by atoms with Gasteiger partial charge in [0.05, 0.1) is 18.1 Å². The lowest BCUT2D eigenvalue weighted by Gasteiger charge is -2.31. The Labute approximate surface area is 182 Å². The average molecular weight is 431 g/mol. The van der Waals surface area contributed by atoms with E-state index in [1.54, 1.807) is 24.3 Å². The fourth-order valence-electron chi connectivity index (χ4n) is 3.46. The summed E-state index contributed by atoms with van der Waals surface area (Å²) in [7, 11) is 0. The van der Waals surface area contributed by atoms with Gasteiger partial charge >= 0.3 is 11.9 Å². The number of carbonyl (C=O) groups excluding carboxylic acids is 4. The van der Waals surface area contributed by atoms with Crippen LogP contribution in [0.5, 0.6) is 0 Å². The van der Waals surface area contributed by atoms with Crippen LogP contribution in [-0.4, -0.2) is 55.0 Å². The number of likely N-dealkylation sites (tertiary alicyclic amines) is 1. The number of nitrogens with zero attached hydrogens (tertiary/aromatic N) is 1. The first kappa shape index (κ1) is 22.8. The lowest BCUT2D eigenvalue weighted by Crippen LogP contribution is -2.41. The van der Waals surface area contributed by atoms with Crippen LogP contribution in [0.25, 0.3) is 0 Å². The minimum atomic E-state index is -0.451. The smallest absolute Gasteiger partial charge is 0.338 e. The van der Waals surface area contributed by atoms with Crippen molar-refractivity contribution in [3.05, 3.63) is 29.8 Å². The average Bonchev–Trinajstić information content (AvgIpc) is 3.63. The Morgan fingerprint density at radius 2 is 1.65 bits per heavy atom. The molecule has 1 saturated heterocycles. The van der Waals surface area contributed by atoms with Gasteiger partial charge < -0.3 is 19.7 Å². The maximum Gasteiger partial charge on any atom is 0.338 e. The van der Waals surface area contributed by atoms with Crippen molar-refractivity contribution >= 4 is 29.4 Å². The lowest BCUT2D eigenvalue weighted by molar-refractivity contribution is -0.154. The molecule has 1 saturated carbocycles. The van der Waals surface area contributed by atoms with Crippen LogP contribution in [0, 0.1) is 11.8 Å². The summed E-state index contributed by atoms with van der Waals surface area (Å²) < 4.78 is 10.3. The molecule has 1 heterocycles. The monoisotopic (exact) mass is 430 g/mol. The molecule has 8 nitrogen and oxygen atoms in total. The van der Waals surface area contributed by atoms with Crippen LogP contribution >= 0.6 is 0 Å². The zero-order chi connectivity index (χ0) is 22.2. The number of nitrogens with one attached hydrogen (secondary N) is 1. The van der Waals surface area contributed by atoms with Gasteiger partial charge in [-0.15, -0.1) is 0 Å². The third-order valence-corrected chi connectivity index (χ3v) is 5.55. The van der Waals surface area contributed by atoms with Gasteiger partial charge in [0.1, 0.15) is 0 Å². The van der Waals surface area contributed by atoms with E-state index < -0.39 is 17.8 Å². The fourth-order valence-corrected chi connectivity index (χ4v) is 3.46. The molecule has 1 N–H and O–H groups in total. The van der Waals surface area contributed by atoms with E-state index in [0.29, 0.717) is 43.8 Å². The Balaban J connectivity index is 1.36. The number of benzene rings is 1. The molecule has 1 aromatic carbocycles. The molecule has 31 heavy (non-hydrogen) atoms. The Morgan fingerprint density at radius 1 is 0.968 bits per heavy atom. The number of hydrogen-bond donors (Lipinski definition) is 1. The Hall–Kier alpha value is -2.90. The summed E-state index contributed by atoms with van der Waals surface area (Å²) in [6, 6.07) is 6.35. The first-order chi connectivity index (χ1) is 15.0. The highest BCUT2D eigenvalue weighted by atomic mass is 16.5. The second-order valence-corrected chi connectivity index (χ2v) is 8.10. The molecule has 0 spiro atoms. The number of anilines is 1. The SMILES string of the molecule is CCCCOC(=O)c1ccc(NC(=O)COC(=O)C2CCN(C(=O)C3CC3)CC2)cc1. The number of ether oxygens (including phenoxy) is 2. The predicted molar refractivity (Wildman–Crippen MR) is 113 cm³/mol. The standard InChI is InChI=1S/C23H30N2O6/c1-2-3-14-30-22(28)17-6-8-19(9-7-17)24-20(26)15-31-23(29)18-10-12-25(13-11-18)21(27)16-4-5-16/h6-9,16,18H,2-5,10-15H2,1H3,(H,24,26). The van der Waals surface area contributed by atoms with Crippen molar-refractivity contribution in [2.24, 2.45) is 11.8 Å². The molecule has 0 aromatic heterocycles. The molecule has 0 unspecified atom stereocenters. The van der Waals surface area contributed by atoms with Crippen molar-refractivity contribution in [1.29, 1.82) is 0 Å². The summed E-state index contributed by atoms with van der Waals surface area (Å²) in [6.07, 6.45) is 4.84. The summed E-state index contributed by atoms with van der Waals surface area (Å²) in [4.78, 5) is 50.1. The van der Waals surface area contributed by atoms with Crippen LogP contribution < -0.4 is 5.32 Å². The number of esters is 2. The number of piperidine rings is 1. The van der Waals surface area contributed by atoms with E-state index in [1.165, 1.54) is 0 Å². The number of carbonyl (C=O) groups is 4. The van der Waals surface area contributed by atoms with E-state index in [4.69, 9.17) is 9.47 Å². The molecule has 2 amide bonds. The van der Waals surface area contributed by atoms with Crippen molar-refractivity contribution in [1.82, 2.24) is 4.90 Å². The molecule has 0 bridgehead atoms. The third-order valence-electron chi connectivity index (χ3n) is 5.55. The predicted octanol–water partition coefficient (Wildman–Crippen LogP) is 2.77. The van der Waals surface area contributed by atoms with Crippen molar-refractivity contribution in [2.75, 3.05) is 31.6 Å². The first-order valence-electron chi connectivity index (χ1n) is 11.0. The van der Waals surface area contributed by atoms with Crippen LogP contribution in [-0.2, 0) is 23.9 Å². The Bertz CT molecular complexity index is 795. The summed E-state index contributed by atoms with van der Waals surface area (Å²) in [5.41, 5.74) is 0.907. The summed E-state index contributed by atoms with van der Waals surface area (Å²) >= 11 is 0. The summed E-state index contributed by atoms with van der Waals surface area (Å²) in [5, 5.41) is 2.64. The largest absolute Gasteiger partial charge is 0.462 e. The molecule has 0 radical (unpaired) electrons. The number of unbranched alkanes of at least 4 members (excludes halogenated alkanes) is 1. The minimum Gasteiger partial charge on any atom is -0.462 e. The normalized spacial score (nSPS) is 16.5. The molecule has 0 atom stereocenters. The van der Waals surface area contributed by atoms with Crippen molar-refractivity contribution in [2.45, 2.75) is 45.4 Å². The highest BCUT2D eigenvalue weighted by Crippen LogP contribution is 2.32. The van der Waals surface area contributed by atoms with E-state index in [1.807, 2.05) is 11.8 Å². The molecule has 1 aromatic rings. The zero-order valence-electron chi connectivity index (χ0n) is 17.9. The molecule has 3 rings (SSSR count). The maximum atomic E-state index is 12.2. The number of amides is 2. The summed E-state index contributed by atoms with van der Waals surface area (Å²) in [5.74, 6) is -1.15. The van der Waals surface area contributed by atoms with E-state index in [-0.39, 0.29) is 24.3 Å². The van der Waals surface area contributed by atoms with E-state index in [2.05, 4.69) is 5.32 Å². The summed E-state index contributed by atoms with van der Waals surface area (Å²) in [6.45, 7) is 3.16. The van der Waals surface area contributed by atoms with Gasteiger partial charge in [0, 0.05) is 24.7 Å². The van der Waals surface area contributed by atoms with Gasteiger partial charge in [0.2, 0.25) is 5.91 Å². The molecule has 1 aliphatic heterocycles. The van der Waals surface area contributed by atoms with Crippen LogP contribution in [0.2, 0.25) is 0 Å². The first-order valence-corrected chi connectivity index (χ1v) is 11.0. The van der Waals surface area contributed by atoms with Gasteiger partial charge in [0.15, 0.2) is 6.61 Å². The van der Waals surface area contributed by atoms with Crippen LogP contribution in [0.4, 0.5) is 5.69 Å². The van der Waals surface area contributed by atoms with Crippen molar-refractivity contribution < 1.29 is 28.7 Å². The number of hydrogen-bond acceptors (Lipinski definition) is 6. The van der Waals surface area contributed by atoms with E-state index in [0.717, 1.165) is 25.7 Å². The van der Waals surface area contributed by atoms with Gasteiger partial charge in [-0.2, -0.15) is 0 Å². The highest BCUT2D eigenvalue weighted by molar-refractivity contribution is 5.94. The molecular weight excluding hydrogens is 400 g/mol. The van der Waals surface area contributed by atoms with Crippen molar-refractivity contribution in [3.63, 3.8) is 0 Å². The van der Waals surface area contributed by atoms with E-state index >= 15 is 0 Å². The van der Waals surface area contributed by atoms with Gasteiger partial charge in [-0.3, -0.25) is 14.4 Å². The van der Waals surface area contributed by atoms with Crippen molar-refractivity contribution in [3.8, 4) is 0 Å². The molecule has 1 aliphatic carbocycles.